The third-order valence-corrected chi connectivity index (χ3v) is 6.97. The van der Waals surface area contributed by atoms with E-state index < -0.39 is 16.1 Å². The zero-order valence-corrected chi connectivity index (χ0v) is 22.9. The van der Waals surface area contributed by atoms with Crippen LogP contribution in [0.25, 0.3) is 0 Å². The molecule has 0 heterocycles. The monoisotopic (exact) mass is 535 g/mol. The molecule has 0 aliphatic rings. The SMILES string of the molecule is CCCNC(=O)[C@H](CC)N(Cc1ccc(F)cc1)C(=O)CCCN(c1ccccc1OCC)S(C)(=O)=O. The first-order valence-corrected chi connectivity index (χ1v) is 14.5. The van der Waals surface area contributed by atoms with Crippen LogP contribution in [0.1, 0.15) is 52.0 Å². The van der Waals surface area contributed by atoms with Crippen LogP contribution in [-0.4, -0.2) is 57.1 Å². The van der Waals surface area contributed by atoms with Crippen LogP contribution in [0.4, 0.5) is 10.1 Å². The molecule has 37 heavy (non-hydrogen) atoms. The Morgan fingerprint density at radius 1 is 1.05 bits per heavy atom. The van der Waals surface area contributed by atoms with Crippen LogP contribution in [0.5, 0.6) is 5.75 Å². The van der Waals surface area contributed by atoms with Gasteiger partial charge in [-0.05, 0) is 56.0 Å². The predicted molar refractivity (Wildman–Crippen MR) is 143 cm³/mol. The van der Waals surface area contributed by atoms with Crippen LogP contribution in [-0.2, 0) is 26.2 Å². The number of carbonyl (C=O) groups is 2. The molecule has 0 bridgehead atoms. The molecule has 2 amide bonds. The van der Waals surface area contributed by atoms with E-state index in [0.717, 1.165) is 12.7 Å². The van der Waals surface area contributed by atoms with Gasteiger partial charge in [-0.2, -0.15) is 0 Å². The highest BCUT2D eigenvalue weighted by molar-refractivity contribution is 7.92. The van der Waals surface area contributed by atoms with Crippen LogP contribution in [0, 0.1) is 5.82 Å². The minimum atomic E-state index is -3.65. The number of hydrogen-bond acceptors (Lipinski definition) is 5. The van der Waals surface area contributed by atoms with Crippen molar-refractivity contribution >= 4 is 27.5 Å². The Kier molecular flexibility index (Phi) is 11.8. The van der Waals surface area contributed by atoms with Crippen molar-refractivity contribution in [2.24, 2.45) is 0 Å². The van der Waals surface area contributed by atoms with Crippen LogP contribution >= 0.6 is 0 Å². The number of sulfonamides is 1. The molecule has 8 nitrogen and oxygen atoms in total. The lowest BCUT2D eigenvalue weighted by atomic mass is 10.1. The number of hydrogen-bond donors (Lipinski definition) is 1. The number of rotatable bonds is 15. The second-order valence-electron chi connectivity index (χ2n) is 8.70. The Bertz CT molecular complexity index is 1130. The second-order valence-corrected chi connectivity index (χ2v) is 10.6. The summed E-state index contributed by atoms with van der Waals surface area (Å²) in [6.07, 6.45) is 2.54. The lowest BCUT2D eigenvalue weighted by Gasteiger charge is -2.31. The normalized spacial score (nSPS) is 12.0. The maximum atomic E-state index is 13.4. The number of para-hydroxylation sites is 2. The van der Waals surface area contributed by atoms with Crippen molar-refractivity contribution in [1.29, 1.82) is 0 Å². The van der Waals surface area contributed by atoms with Gasteiger partial charge >= 0.3 is 0 Å². The van der Waals surface area contributed by atoms with Crippen LogP contribution in [0.15, 0.2) is 48.5 Å². The summed E-state index contributed by atoms with van der Waals surface area (Å²) in [6.45, 7) is 6.67. The summed E-state index contributed by atoms with van der Waals surface area (Å²) in [5, 5.41) is 2.85. The summed E-state index contributed by atoms with van der Waals surface area (Å²) in [5.74, 6) is -0.474. The van der Waals surface area contributed by atoms with E-state index in [0.29, 0.717) is 36.6 Å². The highest BCUT2D eigenvalue weighted by Gasteiger charge is 2.29. The maximum Gasteiger partial charge on any atom is 0.242 e. The Morgan fingerprint density at radius 3 is 2.32 bits per heavy atom. The first kappa shape index (κ1) is 30.1. The molecule has 0 aliphatic heterocycles. The first-order chi connectivity index (χ1) is 17.6. The second kappa shape index (κ2) is 14.6. The minimum Gasteiger partial charge on any atom is -0.492 e. The van der Waals surface area contributed by atoms with E-state index in [1.807, 2.05) is 20.8 Å². The van der Waals surface area contributed by atoms with Crippen molar-refractivity contribution in [2.75, 3.05) is 30.3 Å². The molecular formula is C27H38FN3O5S. The van der Waals surface area contributed by atoms with Crippen molar-refractivity contribution in [3.63, 3.8) is 0 Å². The lowest BCUT2D eigenvalue weighted by Crippen LogP contribution is -2.49. The van der Waals surface area contributed by atoms with Gasteiger partial charge in [0.05, 0.1) is 18.6 Å². The molecule has 0 aliphatic carbocycles. The molecule has 0 spiro atoms. The van der Waals surface area contributed by atoms with Gasteiger partial charge in [-0.15, -0.1) is 0 Å². The molecule has 0 saturated heterocycles. The Morgan fingerprint density at radius 2 is 1.73 bits per heavy atom. The average molecular weight is 536 g/mol. The maximum absolute atomic E-state index is 13.4. The van der Waals surface area contributed by atoms with E-state index in [1.165, 1.54) is 21.3 Å². The van der Waals surface area contributed by atoms with Gasteiger partial charge in [-0.3, -0.25) is 13.9 Å². The number of nitrogens with zero attached hydrogens (tertiary/aromatic N) is 2. The number of carbonyl (C=O) groups excluding carboxylic acids is 2. The average Bonchev–Trinajstić information content (AvgIpc) is 2.86. The van der Waals surface area contributed by atoms with Gasteiger partial charge in [0.1, 0.15) is 17.6 Å². The lowest BCUT2D eigenvalue weighted by molar-refractivity contribution is -0.141. The summed E-state index contributed by atoms with van der Waals surface area (Å²) in [5.41, 5.74) is 1.10. The number of anilines is 1. The summed E-state index contributed by atoms with van der Waals surface area (Å²) in [7, 11) is -3.65. The topological polar surface area (TPSA) is 96.0 Å². The Labute approximate surface area is 219 Å². The van der Waals surface area contributed by atoms with Crippen molar-refractivity contribution in [3.05, 3.63) is 59.9 Å². The number of benzene rings is 2. The molecule has 2 aromatic carbocycles. The Hall–Kier alpha value is -3.14. The zero-order valence-electron chi connectivity index (χ0n) is 22.1. The molecule has 0 fully saturated rings. The molecule has 1 atom stereocenters. The van der Waals surface area contributed by atoms with Crippen LogP contribution in [0.3, 0.4) is 0 Å². The fourth-order valence-electron chi connectivity index (χ4n) is 4.00. The highest BCUT2D eigenvalue weighted by Crippen LogP contribution is 2.30. The number of amides is 2. The van der Waals surface area contributed by atoms with Crippen LogP contribution < -0.4 is 14.4 Å². The molecule has 0 unspecified atom stereocenters. The van der Waals surface area contributed by atoms with E-state index in [1.54, 1.807) is 36.4 Å². The third-order valence-electron chi connectivity index (χ3n) is 5.79. The summed E-state index contributed by atoms with van der Waals surface area (Å²) >= 11 is 0. The fraction of sp³-hybridized carbons (Fsp3) is 0.481. The minimum absolute atomic E-state index is 0.0293. The predicted octanol–water partition coefficient (Wildman–Crippen LogP) is 4.10. The molecule has 0 radical (unpaired) electrons. The van der Waals surface area contributed by atoms with E-state index in [9.17, 15) is 22.4 Å². The van der Waals surface area contributed by atoms with Gasteiger partial charge in [0.25, 0.3) is 0 Å². The van der Waals surface area contributed by atoms with Gasteiger partial charge in [-0.25, -0.2) is 12.8 Å². The number of nitrogens with one attached hydrogen (secondary N) is 1. The molecule has 0 aromatic heterocycles. The standard InChI is InChI=1S/C27H38FN3O5S/c1-5-18-29-27(33)23(6-2)30(20-21-14-16-22(28)17-15-21)26(32)13-10-19-31(37(4,34)35)24-11-8-9-12-25(24)36-7-3/h8-9,11-12,14-17,23H,5-7,10,13,18-20H2,1-4H3,(H,29,33)/t23-/m0/s1. The highest BCUT2D eigenvalue weighted by atomic mass is 32.2. The van der Waals surface area contributed by atoms with Gasteiger partial charge in [0.15, 0.2) is 0 Å². The van der Waals surface area contributed by atoms with Gasteiger partial charge in [0, 0.05) is 26.1 Å². The summed E-state index contributed by atoms with van der Waals surface area (Å²) < 4.78 is 45.5. The number of ether oxygens (including phenoxy) is 1. The molecule has 1 N–H and O–H groups in total. The third kappa shape index (κ3) is 9.03. The first-order valence-electron chi connectivity index (χ1n) is 12.6. The zero-order chi connectivity index (χ0) is 27.4. The molecular weight excluding hydrogens is 497 g/mol. The van der Waals surface area contributed by atoms with Gasteiger partial charge in [-0.1, -0.05) is 38.1 Å². The van der Waals surface area contributed by atoms with E-state index in [2.05, 4.69) is 5.32 Å². The van der Waals surface area contributed by atoms with Crippen molar-refractivity contribution in [1.82, 2.24) is 10.2 Å². The molecule has 204 valence electrons. The molecule has 10 heteroatoms. The van der Waals surface area contributed by atoms with Gasteiger partial charge < -0.3 is 15.0 Å². The summed E-state index contributed by atoms with van der Waals surface area (Å²) in [6, 6.07) is 12.0. The largest absolute Gasteiger partial charge is 0.492 e. The Balaban J connectivity index is 2.23. The van der Waals surface area contributed by atoms with Crippen molar-refractivity contribution in [3.8, 4) is 5.75 Å². The smallest absolute Gasteiger partial charge is 0.242 e. The van der Waals surface area contributed by atoms with E-state index in [4.69, 9.17) is 4.74 Å². The molecule has 0 saturated carbocycles. The van der Waals surface area contributed by atoms with E-state index in [-0.39, 0.29) is 43.6 Å². The quantitative estimate of drug-likeness (QED) is 0.370. The molecule has 2 rings (SSSR count). The van der Waals surface area contributed by atoms with Crippen LogP contribution in [0.2, 0.25) is 0 Å². The molecule has 2 aromatic rings. The number of halogens is 1. The summed E-state index contributed by atoms with van der Waals surface area (Å²) in [4.78, 5) is 27.8. The van der Waals surface area contributed by atoms with E-state index >= 15 is 0 Å². The van der Waals surface area contributed by atoms with Gasteiger partial charge in [0.2, 0.25) is 21.8 Å². The fourth-order valence-corrected chi connectivity index (χ4v) is 4.96. The van der Waals surface area contributed by atoms with Crippen molar-refractivity contribution < 1.29 is 27.1 Å². The van der Waals surface area contributed by atoms with Crippen molar-refractivity contribution in [2.45, 2.75) is 59.0 Å².